The van der Waals surface area contributed by atoms with Gasteiger partial charge in [0.2, 0.25) is 0 Å². The Morgan fingerprint density at radius 3 is 0.992 bits per heavy atom. The molecule has 0 saturated heterocycles. The Morgan fingerprint density at radius 1 is 0.317 bits per heavy atom. The second kappa shape index (κ2) is 45.0. The number of alkyl halides is 6. The molecule has 0 radical (unpaired) electrons. The van der Waals surface area contributed by atoms with Gasteiger partial charge in [-0.05, 0) is 254 Å². The molecule has 8 aromatic carbocycles. The zero-order valence-electron chi connectivity index (χ0n) is 71.5. The number of aryl methyl sites for hydroxylation is 3. The number of pyridine rings is 4. The summed E-state index contributed by atoms with van der Waals surface area (Å²) in [6.07, 6.45) is 4.79. The molecule has 7 N–H and O–H groups in total. The minimum Gasteiger partial charge on any atom is -0.396 e. The molecule has 0 aliphatic carbocycles. The van der Waals surface area contributed by atoms with Gasteiger partial charge in [0, 0.05) is 115 Å². The van der Waals surface area contributed by atoms with Gasteiger partial charge < -0.3 is 36.6 Å². The van der Waals surface area contributed by atoms with Crippen LogP contribution in [0.5, 0.6) is 0 Å². The summed E-state index contributed by atoms with van der Waals surface area (Å²) in [5.74, 6) is 2.64. The summed E-state index contributed by atoms with van der Waals surface area (Å²) in [5.41, 5.74) is 16.7. The summed E-state index contributed by atoms with van der Waals surface area (Å²) in [4.78, 5) is 66.3. The molecule has 0 atom stereocenters. The van der Waals surface area contributed by atoms with Gasteiger partial charge >= 0.3 is 12.4 Å². The van der Waals surface area contributed by atoms with E-state index in [4.69, 9.17) is 15.3 Å². The van der Waals surface area contributed by atoms with Gasteiger partial charge in [-0.3, -0.25) is 19.2 Å². The van der Waals surface area contributed by atoms with Crippen molar-refractivity contribution in [1.29, 1.82) is 0 Å². The highest BCUT2D eigenvalue weighted by Crippen LogP contribution is 2.37. The van der Waals surface area contributed by atoms with E-state index in [1.165, 1.54) is 57.3 Å². The van der Waals surface area contributed by atoms with E-state index < -0.39 is 23.5 Å². The Bertz CT molecular complexity index is 5510. The number of hydrogen-bond donors (Lipinski definition) is 7. The van der Waals surface area contributed by atoms with Crippen molar-refractivity contribution in [3.8, 4) is 0 Å². The number of nitrogens with one attached hydrogen (secondary N) is 4. The summed E-state index contributed by atoms with van der Waals surface area (Å²) >= 11 is 0. The lowest BCUT2D eigenvalue weighted by atomic mass is 9.79. The quantitative estimate of drug-likeness (QED) is 0.0154. The van der Waals surface area contributed by atoms with E-state index in [2.05, 4.69) is 144 Å². The Kier molecular flexibility index (Phi) is 34.6. The maximum absolute atomic E-state index is 13.4. The van der Waals surface area contributed by atoms with Crippen LogP contribution in [0.15, 0.2) is 249 Å². The van der Waals surface area contributed by atoms with Crippen molar-refractivity contribution in [1.82, 2.24) is 19.9 Å². The maximum atomic E-state index is 13.4. The fraction of sp³-hybridized carbons (Fsp3) is 0.294. The van der Waals surface area contributed by atoms with Crippen LogP contribution in [0.4, 0.5) is 72.4 Å². The van der Waals surface area contributed by atoms with Crippen molar-refractivity contribution >= 4 is 69.2 Å². The molecule has 4 aromatic heterocycles. The number of aliphatic hydroxyl groups excluding tert-OH is 3. The predicted octanol–water partition coefficient (Wildman–Crippen LogP) is 24.5. The number of halogens is 6. The minimum absolute atomic E-state index is 0.0241. The zero-order chi connectivity index (χ0) is 88.9. The van der Waals surface area contributed by atoms with Crippen LogP contribution >= 0.6 is 0 Å². The second-order valence-electron chi connectivity index (χ2n) is 32.8. The van der Waals surface area contributed by atoms with Crippen molar-refractivity contribution in [3.63, 3.8) is 0 Å². The van der Waals surface area contributed by atoms with Crippen LogP contribution in [0.1, 0.15) is 231 Å². The Hall–Kier alpha value is -12.3. The Labute approximate surface area is 718 Å². The van der Waals surface area contributed by atoms with E-state index >= 15 is 0 Å². The third-order valence-electron chi connectivity index (χ3n) is 20.0. The standard InChI is InChI=1S/C30H38N2O2.C25H25F3N2O.C24H23F3N2O2.C23H24N2O2/c1-29(2,3)24-16-22(17-25(20-24)30(4,5)6)15-21-12-13-31-28(18-21)32-26-10-7-9-23(19-26)27(34)11-8-14-33;1-3-4-8-23(31)20-6-5-7-22(16-20)30-24-15-18(9-10-29-24)13-19-11-17(2)12-21(14-19)25(26,27)28;1-16-7-8-18(21(12-16)24(25,26)27)13-17-9-10-28-23(14-17)29-20-5-2-4-19(15-20)22(31)6-3-11-30;1-17-5-2-6-18(13-17)14-19-10-11-24-23(15-19)25-21-8-3-7-20(16-21)22(27)9-4-12-26/h7,9-10,12-13,16-20,33H,8,11,14-15H2,1-6H3,(H,31,32);5-7,9-12,14-16H,3-4,8,13H2,1-2H3,(H,29,30);2,4-5,7-10,12,14-15,30H,3,6,11,13H2,1H3,(H,28,29);2-3,5-8,10-11,13,15-16,26H,4,9,12,14H2,1H3,(H,24,25). The van der Waals surface area contributed by atoms with Gasteiger partial charge in [0.25, 0.3) is 0 Å². The lowest BCUT2D eigenvalue weighted by molar-refractivity contribution is -0.138. The first-order valence-corrected chi connectivity index (χ1v) is 41.4. The molecule has 4 heterocycles. The van der Waals surface area contributed by atoms with E-state index in [0.717, 1.165) is 72.1 Å². The molecule has 0 amide bonds. The Morgan fingerprint density at radius 2 is 0.642 bits per heavy atom. The molecule has 0 saturated carbocycles. The number of unbranched alkanes of at least 4 members (excludes halogenated alkanes) is 1. The van der Waals surface area contributed by atoms with Crippen LogP contribution in [0.25, 0.3) is 0 Å². The molecular formula is C102H110F6N8O7. The van der Waals surface area contributed by atoms with Gasteiger partial charge in [-0.15, -0.1) is 0 Å². The molecule has 642 valence electrons. The number of carbonyl (C=O) groups excluding carboxylic acids is 4. The molecule has 0 spiro atoms. The number of aliphatic hydroxyl groups is 3. The zero-order valence-corrected chi connectivity index (χ0v) is 71.5. The van der Waals surface area contributed by atoms with Crippen LogP contribution < -0.4 is 21.3 Å². The summed E-state index contributed by atoms with van der Waals surface area (Å²) in [5, 5.41) is 39.7. The largest absolute Gasteiger partial charge is 0.416 e. The highest BCUT2D eigenvalue weighted by Gasteiger charge is 2.34. The summed E-state index contributed by atoms with van der Waals surface area (Å²) in [6.45, 7) is 21.0. The molecule has 12 rings (SSSR count). The van der Waals surface area contributed by atoms with Crippen LogP contribution in [0, 0.1) is 20.8 Å². The molecule has 0 aliphatic rings. The average molecular weight is 1670 g/mol. The van der Waals surface area contributed by atoms with E-state index in [0.29, 0.717) is 107 Å². The molecular weight excluding hydrogens is 1560 g/mol. The lowest BCUT2D eigenvalue weighted by Crippen LogP contribution is -2.17. The third-order valence-corrected chi connectivity index (χ3v) is 20.0. The van der Waals surface area contributed by atoms with Crippen molar-refractivity contribution in [2.75, 3.05) is 41.1 Å². The van der Waals surface area contributed by atoms with Crippen molar-refractivity contribution in [3.05, 3.63) is 355 Å². The Balaban J connectivity index is 0.000000187. The first-order chi connectivity index (χ1) is 58.6. The maximum Gasteiger partial charge on any atom is 0.416 e. The molecule has 12 aromatic rings. The average Bonchev–Trinajstić information content (AvgIpc) is 0.806. The number of ketones is 4. The van der Waals surface area contributed by atoms with E-state index in [9.17, 15) is 45.5 Å². The van der Waals surface area contributed by atoms with Crippen LogP contribution in [-0.4, -0.2) is 78.2 Å². The van der Waals surface area contributed by atoms with Gasteiger partial charge in [0.15, 0.2) is 23.1 Å². The van der Waals surface area contributed by atoms with E-state index in [-0.39, 0.29) is 72.2 Å². The second-order valence-corrected chi connectivity index (χ2v) is 32.8. The normalized spacial score (nSPS) is 11.4. The molecule has 0 aliphatic heterocycles. The summed E-state index contributed by atoms with van der Waals surface area (Å²) < 4.78 is 79.6. The third kappa shape index (κ3) is 31.0. The summed E-state index contributed by atoms with van der Waals surface area (Å²) in [7, 11) is 0. The first-order valence-electron chi connectivity index (χ1n) is 41.4. The molecule has 0 fully saturated rings. The smallest absolute Gasteiger partial charge is 0.396 e. The molecule has 0 unspecified atom stereocenters. The highest BCUT2D eigenvalue weighted by atomic mass is 19.4. The minimum atomic E-state index is -4.42. The summed E-state index contributed by atoms with van der Waals surface area (Å²) in [6, 6.07) is 68.0. The van der Waals surface area contributed by atoms with Crippen LogP contribution in [0.3, 0.4) is 0 Å². The fourth-order valence-corrected chi connectivity index (χ4v) is 13.6. The number of rotatable bonds is 32. The van der Waals surface area contributed by atoms with Crippen molar-refractivity contribution in [2.45, 2.75) is 176 Å². The predicted molar refractivity (Wildman–Crippen MR) is 480 cm³/mol. The number of hydrogen-bond acceptors (Lipinski definition) is 15. The number of aromatic nitrogens is 4. The van der Waals surface area contributed by atoms with Gasteiger partial charge in [0.1, 0.15) is 23.3 Å². The van der Waals surface area contributed by atoms with E-state index in [1.807, 2.05) is 79.9 Å². The van der Waals surface area contributed by atoms with Gasteiger partial charge in [0.05, 0.1) is 11.1 Å². The number of Topliss-reactive ketones (excluding diaryl/α,β-unsaturated/α-hetero) is 4. The van der Waals surface area contributed by atoms with Crippen molar-refractivity contribution < 1.29 is 60.8 Å². The molecule has 21 heteroatoms. The van der Waals surface area contributed by atoms with Gasteiger partial charge in [-0.25, -0.2) is 19.9 Å². The fourth-order valence-electron chi connectivity index (χ4n) is 13.6. The van der Waals surface area contributed by atoms with Crippen LogP contribution in [0.2, 0.25) is 0 Å². The molecule has 123 heavy (non-hydrogen) atoms. The van der Waals surface area contributed by atoms with Gasteiger partial charge in [-0.2, -0.15) is 26.3 Å². The molecule has 0 bridgehead atoms. The van der Waals surface area contributed by atoms with Gasteiger partial charge in [-0.1, -0.05) is 181 Å². The van der Waals surface area contributed by atoms with Crippen molar-refractivity contribution in [2.24, 2.45) is 0 Å². The van der Waals surface area contributed by atoms with Crippen LogP contribution in [-0.2, 0) is 48.9 Å². The monoisotopic (exact) mass is 1670 g/mol. The lowest BCUT2D eigenvalue weighted by Gasteiger charge is -2.26. The number of benzene rings is 8. The first kappa shape index (κ1) is 94.5. The number of anilines is 8. The van der Waals surface area contributed by atoms with E-state index in [1.54, 1.807) is 105 Å². The number of carbonyl (C=O) groups is 4. The molecule has 15 nitrogen and oxygen atoms in total. The SMILES string of the molecule is CC(C)(C)c1cc(Cc2ccnc(Nc3cccc(C(=O)CCCO)c3)c2)cc(C(C)(C)C)c1.CCCCC(=O)c1cccc(Nc2cc(Cc3cc(C)cc(C(F)(F)F)c3)ccn2)c1.Cc1ccc(Cc2ccnc(Nc3cccc(C(=O)CCCO)c3)c2)c(C(F)(F)F)c1.Cc1cccc(Cc2ccnc(Nc3cccc(C(=O)CCCO)c3)c2)c1. The topological polar surface area (TPSA) is 229 Å². The number of nitrogens with zero attached hydrogens (tertiary/aromatic N) is 4. The highest BCUT2D eigenvalue weighted by molar-refractivity contribution is 5.99.